The molecule has 1 atom stereocenters. The first-order chi connectivity index (χ1) is 16.6. The smallest absolute Gasteiger partial charge is 0.171 e. The van der Waals surface area contributed by atoms with Crippen LogP contribution >= 0.6 is 0 Å². The van der Waals surface area contributed by atoms with Gasteiger partial charge in [-0.15, -0.1) is 0 Å². The lowest BCUT2D eigenvalue weighted by Gasteiger charge is -2.37. The Hall–Kier alpha value is -3.18. The lowest BCUT2D eigenvalue weighted by Crippen LogP contribution is -2.48. The van der Waals surface area contributed by atoms with E-state index in [2.05, 4.69) is 16.7 Å². The minimum absolute atomic E-state index is 0.132. The van der Waals surface area contributed by atoms with E-state index in [1.807, 2.05) is 66.7 Å². The van der Waals surface area contributed by atoms with Crippen molar-refractivity contribution in [2.24, 2.45) is 0 Å². The van der Waals surface area contributed by atoms with Crippen LogP contribution in [0.5, 0.6) is 5.75 Å². The fourth-order valence-electron chi connectivity index (χ4n) is 4.37. The van der Waals surface area contributed by atoms with Gasteiger partial charge in [0.25, 0.3) is 0 Å². The molecule has 1 saturated heterocycles. The van der Waals surface area contributed by atoms with E-state index >= 15 is 0 Å². The second kappa shape index (κ2) is 11.8. The topological polar surface area (TPSA) is 32.8 Å². The summed E-state index contributed by atoms with van der Waals surface area (Å²) in [5.41, 5.74) is 2.79. The van der Waals surface area contributed by atoms with Gasteiger partial charge in [-0.05, 0) is 60.5 Å². The van der Waals surface area contributed by atoms with Gasteiger partial charge in [0.15, 0.2) is 5.78 Å². The number of piperazine rings is 1. The first-order valence-electron chi connectivity index (χ1n) is 12.2. The molecule has 1 aliphatic rings. The standard InChI is InChI=1S/C29H33FN2O2/c1-2-3-21-34-27-15-9-24(10-16-27)29(33)28(23-7-5-4-6-8-23)22-31-17-19-32(20-18-31)26-13-11-25(30)12-14-26/h4-16,28H,2-3,17-22H2,1H3. The second-order valence-electron chi connectivity index (χ2n) is 8.82. The van der Waals surface area contributed by atoms with Crippen molar-refractivity contribution in [3.05, 3.63) is 95.8 Å². The third-order valence-electron chi connectivity index (χ3n) is 6.43. The lowest BCUT2D eigenvalue weighted by molar-refractivity contribution is 0.0931. The molecule has 0 bridgehead atoms. The van der Waals surface area contributed by atoms with Crippen LogP contribution < -0.4 is 9.64 Å². The van der Waals surface area contributed by atoms with Crippen LogP contribution in [0.4, 0.5) is 10.1 Å². The van der Waals surface area contributed by atoms with E-state index in [4.69, 9.17) is 4.74 Å². The summed E-state index contributed by atoms with van der Waals surface area (Å²) in [6.45, 7) is 6.93. The molecule has 0 spiro atoms. The average Bonchev–Trinajstić information content (AvgIpc) is 2.89. The molecule has 1 fully saturated rings. The molecule has 34 heavy (non-hydrogen) atoms. The highest BCUT2D eigenvalue weighted by molar-refractivity contribution is 6.01. The maximum atomic E-state index is 13.6. The Morgan fingerprint density at radius 2 is 1.59 bits per heavy atom. The number of hydrogen-bond acceptors (Lipinski definition) is 4. The Balaban J connectivity index is 1.43. The summed E-state index contributed by atoms with van der Waals surface area (Å²) in [4.78, 5) is 18.2. The molecule has 3 aromatic carbocycles. The number of carbonyl (C=O) groups excluding carboxylic acids is 1. The molecule has 1 unspecified atom stereocenters. The molecule has 0 radical (unpaired) electrons. The molecule has 0 amide bonds. The summed E-state index contributed by atoms with van der Waals surface area (Å²) < 4.78 is 19.0. The summed E-state index contributed by atoms with van der Waals surface area (Å²) in [6.07, 6.45) is 2.11. The van der Waals surface area contributed by atoms with Crippen molar-refractivity contribution in [3.63, 3.8) is 0 Å². The van der Waals surface area contributed by atoms with E-state index < -0.39 is 0 Å². The van der Waals surface area contributed by atoms with Crippen molar-refractivity contribution in [3.8, 4) is 5.75 Å². The van der Waals surface area contributed by atoms with Gasteiger partial charge in [0.2, 0.25) is 0 Å². The molecule has 0 aromatic heterocycles. The fraction of sp³-hybridized carbons (Fsp3) is 0.345. The number of Topliss-reactive ketones (excluding diaryl/α,β-unsaturated/α-hetero) is 1. The van der Waals surface area contributed by atoms with Gasteiger partial charge in [-0.2, -0.15) is 0 Å². The van der Waals surface area contributed by atoms with Crippen LogP contribution in [0, 0.1) is 5.82 Å². The summed E-state index contributed by atoms with van der Waals surface area (Å²) in [6, 6.07) is 24.3. The molecule has 1 heterocycles. The Morgan fingerprint density at radius 1 is 0.912 bits per heavy atom. The van der Waals surface area contributed by atoms with E-state index in [1.54, 1.807) is 0 Å². The number of halogens is 1. The van der Waals surface area contributed by atoms with E-state index in [0.717, 1.165) is 56.0 Å². The summed E-state index contributed by atoms with van der Waals surface area (Å²) in [5, 5.41) is 0. The van der Waals surface area contributed by atoms with Crippen LogP contribution in [0.1, 0.15) is 41.6 Å². The average molecular weight is 461 g/mol. The van der Waals surface area contributed by atoms with Gasteiger partial charge >= 0.3 is 0 Å². The molecule has 0 aliphatic carbocycles. The van der Waals surface area contributed by atoms with Gasteiger partial charge < -0.3 is 9.64 Å². The molecule has 0 saturated carbocycles. The molecule has 5 heteroatoms. The molecule has 3 aromatic rings. The van der Waals surface area contributed by atoms with Gasteiger partial charge in [-0.25, -0.2) is 4.39 Å². The molecular weight excluding hydrogens is 427 g/mol. The number of unbranched alkanes of at least 4 members (excludes halogenated alkanes) is 1. The number of anilines is 1. The van der Waals surface area contributed by atoms with Crippen LogP contribution in [-0.2, 0) is 0 Å². The third-order valence-corrected chi connectivity index (χ3v) is 6.43. The highest BCUT2D eigenvalue weighted by atomic mass is 19.1. The number of hydrogen-bond donors (Lipinski definition) is 0. The first-order valence-corrected chi connectivity index (χ1v) is 12.2. The molecule has 1 aliphatic heterocycles. The normalized spacial score (nSPS) is 15.2. The number of nitrogens with zero attached hydrogens (tertiary/aromatic N) is 2. The predicted octanol–water partition coefficient (Wildman–Crippen LogP) is 5.79. The minimum atomic E-state index is -0.231. The lowest BCUT2D eigenvalue weighted by atomic mass is 9.90. The van der Waals surface area contributed by atoms with Crippen LogP contribution in [0.2, 0.25) is 0 Å². The van der Waals surface area contributed by atoms with Crippen LogP contribution in [-0.4, -0.2) is 50.0 Å². The van der Waals surface area contributed by atoms with Crippen molar-refractivity contribution in [1.29, 1.82) is 0 Å². The monoisotopic (exact) mass is 460 g/mol. The van der Waals surface area contributed by atoms with Crippen molar-refractivity contribution >= 4 is 11.5 Å². The zero-order chi connectivity index (χ0) is 23.8. The van der Waals surface area contributed by atoms with Gasteiger partial charge in [0, 0.05) is 44.0 Å². The van der Waals surface area contributed by atoms with E-state index in [1.165, 1.54) is 12.1 Å². The Kier molecular flexibility index (Phi) is 8.31. The van der Waals surface area contributed by atoms with E-state index in [9.17, 15) is 9.18 Å². The predicted molar refractivity (Wildman–Crippen MR) is 135 cm³/mol. The van der Waals surface area contributed by atoms with Crippen molar-refractivity contribution < 1.29 is 13.9 Å². The third kappa shape index (κ3) is 6.23. The van der Waals surface area contributed by atoms with Gasteiger partial charge in [0.1, 0.15) is 11.6 Å². The van der Waals surface area contributed by atoms with Crippen LogP contribution in [0.15, 0.2) is 78.9 Å². The molecule has 4 nitrogen and oxygen atoms in total. The van der Waals surface area contributed by atoms with Gasteiger partial charge in [-0.3, -0.25) is 9.69 Å². The molecule has 0 N–H and O–H groups in total. The van der Waals surface area contributed by atoms with Crippen molar-refractivity contribution in [1.82, 2.24) is 4.90 Å². The summed E-state index contributed by atoms with van der Waals surface area (Å²) >= 11 is 0. The summed E-state index contributed by atoms with van der Waals surface area (Å²) in [5.74, 6) is 0.489. The van der Waals surface area contributed by atoms with E-state index in [0.29, 0.717) is 18.7 Å². The van der Waals surface area contributed by atoms with Gasteiger partial charge in [0.05, 0.1) is 12.5 Å². The zero-order valence-electron chi connectivity index (χ0n) is 19.8. The zero-order valence-corrected chi connectivity index (χ0v) is 19.8. The summed E-state index contributed by atoms with van der Waals surface area (Å²) in [7, 11) is 0. The Bertz CT molecular complexity index is 1030. The quantitative estimate of drug-likeness (QED) is 0.283. The molecular formula is C29H33FN2O2. The van der Waals surface area contributed by atoms with Crippen LogP contribution in [0.25, 0.3) is 0 Å². The second-order valence-corrected chi connectivity index (χ2v) is 8.82. The van der Waals surface area contributed by atoms with Crippen molar-refractivity contribution in [2.45, 2.75) is 25.7 Å². The fourth-order valence-corrected chi connectivity index (χ4v) is 4.37. The van der Waals surface area contributed by atoms with Crippen molar-refractivity contribution in [2.75, 3.05) is 44.2 Å². The largest absolute Gasteiger partial charge is 0.494 e. The number of ether oxygens (including phenoxy) is 1. The number of benzene rings is 3. The SMILES string of the molecule is CCCCOc1ccc(C(=O)C(CN2CCN(c3ccc(F)cc3)CC2)c2ccccc2)cc1. The molecule has 4 rings (SSSR count). The highest BCUT2D eigenvalue weighted by Crippen LogP contribution is 2.25. The Morgan fingerprint density at radius 3 is 2.24 bits per heavy atom. The maximum Gasteiger partial charge on any atom is 0.171 e. The minimum Gasteiger partial charge on any atom is -0.494 e. The molecule has 178 valence electrons. The van der Waals surface area contributed by atoms with Crippen LogP contribution in [0.3, 0.4) is 0 Å². The number of ketones is 1. The highest BCUT2D eigenvalue weighted by Gasteiger charge is 2.27. The first kappa shape index (κ1) is 24.0. The number of rotatable bonds is 10. The Labute approximate surface area is 202 Å². The van der Waals surface area contributed by atoms with Gasteiger partial charge in [-0.1, -0.05) is 43.7 Å². The van der Waals surface area contributed by atoms with E-state index in [-0.39, 0.29) is 17.5 Å². The number of carbonyl (C=O) groups is 1. The maximum absolute atomic E-state index is 13.6.